The number of oxime groups is 1. The Hall–Kier alpha value is -4.95. The quantitative estimate of drug-likeness (QED) is 0.169. The van der Waals surface area contributed by atoms with Crippen LogP contribution in [0.4, 0.5) is 0 Å². The van der Waals surface area contributed by atoms with Crippen LogP contribution < -0.4 is 9.47 Å². The number of ether oxygens (including phenoxy) is 2. The topological polar surface area (TPSA) is 83.1 Å². The van der Waals surface area contributed by atoms with Crippen LogP contribution in [0.2, 0.25) is 5.02 Å². The summed E-state index contributed by atoms with van der Waals surface area (Å²) < 4.78 is 13.5. The molecule has 1 atom stereocenters. The number of rotatable bonds is 6. The first-order valence-corrected chi connectivity index (χ1v) is 13.0. The number of benzene rings is 4. The van der Waals surface area contributed by atoms with E-state index in [-0.39, 0.29) is 12.5 Å². The van der Waals surface area contributed by atoms with E-state index in [1.54, 1.807) is 30.2 Å². The van der Waals surface area contributed by atoms with Crippen molar-refractivity contribution in [3.8, 4) is 17.4 Å². The average Bonchev–Trinajstić information content (AvgIpc) is 3.42. The number of halogens is 1. The lowest BCUT2D eigenvalue weighted by Crippen LogP contribution is -2.15. The third-order valence-electron chi connectivity index (χ3n) is 6.95. The number of methoxy groups -OCH3 is 1. The molecule has 0 spiro atoms. The van der Waals surface area contributed by atoms with Crippen molar-refractivity contribution in [2.24, 2.45) is 5.16 Å². The summed E-state index contributed by atoms with van der Waals surface area (Å²) in [5.74, 6) is 2.34. The van der Waals surface area contributed by atoms with Crippen molar-refractivity contribution in [1.82, 2.24) is 19.6 Å². The standard InChI is InChI=1S/C31H22ClN5O3/c1-38-22-13-10-20(11-14-22)27-24-15-12-19-6-2-4-8-23(19)29(24)40-31-28(27)30-35-26(36-37(30)18-33-31)17-39-34-16-21-7-3-5-9-25(21)32/h2-16,18,27H,17H2,1H3/b34-16-/t27-/m0/s1. The summed E-state index contributed by atoms with van der Waals surface area (Å²) in [5.41, 5.74) is 4.31. The van der Waals surface area contributed by atoms with Gasteiger partial charge in [0, 0.05) is 27.5 Å². The average molecular weight is 548 g/mol. The fraction of sp³-hybridized carbons (Fsp3) is 0.0968. The molecule has 7 rings (SSSR count). The van der Waals surface area contributed by atoms with Gasteiger partial charge in [-0.3, -0.25) is 0 Å². The minimum Gasteiger partial charge on any atom is -0.497 e. The minimum absolute atomic E-state index is 0.0761. The first-order valence-electron chi connectivity index (χ1n) is 12.7. The predicted molar refractivity (Wildman–Crippen MR) is 153 cm³/mol. The second kappa shape index (κ2) is 9.98. The molecule has 1 aliphatic rings. The summed E-state index contributed by atoms with van der Waals surface area (Å²) in [4.78, 5) is 15.0. The molecule has 0 radical (unpaired) electrons. The Morgan fingerprint density at radius 2 is 1.82 bits per heavy atom. The van der Waals surface area contributed by atoms with E-state index in [4.69, 9.17) is 30.9 Å². The summed E-state index contributed by atoms with van der Waals surface area (Å²) in [7, 11) is 1.66. The van der Waals surface area contributed by atoms with Gasteiger partial charge < -0.3 is 14.3 Å². The van der Waals surface area contributed by atoms with Crippen molar-refractivity contribution < 1.29 is 14.3 Å². The normalized spacial score (nSPS) is 14.2. The van der Waals surface area contributed by atoms with Crippen molar-refractivity contribution in [2.75, 3.05) is 7.11 Å². The van der Waals surface area contributed by atoms with Gasteiger partial charge >= 0.3 is 0 Å². The Labute approximate surface area is 234 Å². The van der Waals surface area contributed by atoms with Crippen LogP contribution in [0.25, 0.3) is 16.4 Å². The highest BCUT2D eigenvalue weighted by atomic mass is 35.5. The van der Waals surface area contributed by atoms with Crippen LogP contribution in [-0.4, -0.2) is 32.9 Å². The number of aromatic nitrogens is 4. The summed E-state index contributed by atoms with van der Waals surface area (Å²) in [5, 5.41) is 11.3. The van der Waals surface area contributed by atoms with Crippen molar-refractivity contribution >= 4 is 34.2 Å². The molecule has 0 fully saturated rings. The molecule has 196 valence electrons. The third kappa shape index (κ3) is 4.19. The smallest absolute Gasteiger partial charge is 0.228 e. The lowest BCUT2D eigenvalue weighted by atomic mass is 9.83. The van der Waals surface area contributed by atoms with Crippen molar-refractivity contribution in [3.05, 3.63) is 124 Å². The van der Waals surface area contributed by atoms with Gasteiger partial charge in [-0.1, -0.05) is 83.5 Å². The molecule has 0 saturated carbocycles. The number of fused-ring (bicyclic) bond motifs is 6. The number of hydrogen-bond acceptors (Lipinski definition) is 7. The molecule has 6 aromatic rings. The molecule has 40 heavy (non-hydrogen) atoms. The van der Waals surface area contributed by atoms with E-state index < -0.39 is 0 Å². The van der Waals surface area contributed by atoms with Gasteiger partial charge in [0.15, 0.2) is 18.1 Å². The maximum Gasteiger partial charge on any atom is 0.228 e. The highest BCUT2D eigenvalue weighted by Gasteiger charge is 2.34. The molecule has 3 heterocycles. The van der Waals surface area contributed by atoms with E-state index >= 15 is 0 Å². The van der Waals surface area contributed by atoms with Crippen LogP contribution in [0.1, 0.15) is 34.0 Å². The summed E-state index contributed by atoms with van der Waals surface area (Å²) in [6.45, 7) is 0.0761. The zero-order valence-corrected chi connectivity index (χ0v) is 22.1. The van der Waals surface area contributed by atoms with Gasteiger partial charge in [0.1, 0.15) is 17.8 Å². The lowest BCUT2D eigenvalue weighted by molar-refractivity contribution is 0.126. The third-order valence-corrected chi connectivity index (χ3v) is 7.30. The molecule has 0 amide bonds. The molecule has 2 aromatic heterocycles. The van der Waals surface area contributed by atoms with Gasteiger partial charge in [-0.05, 0) is 29.1 Å². The summed E-state index contributed by atoms with van der Waals surface area (Å²) >= 11 is 6.19. The van der Waals surface area contributed by atoms with Crippen LogP contribution in [0.5, 0.6) is 17.4 Å². The van der Waals surface area contributed by atoms with Crippen molar-refractivity contribution in [2.45, 2.75) is 12.5 Å². The van der Waals surface area contributed by atoms with Gasteiger partial charge in [0.2, 0.25) is 5.88 Å². The van der Waals surface area contributed by atoms with Gasteiger partial charge in [-0.2, -0.15) is 0 Å². The van der Waals surface area contributed by atoms with Crippen molar-refractivity contribution in [1.29, 1.82) is 0 Å². The Balaban J connectivity index is 1.30. The van der Waals surface area contributed by atoms with Gasteiger partial charge in [0.25, 0.3) is 0 Å². The molecule has 0 bridgehead atoms. The first-order chi connectivity index (χ1) is 19.7. The monoisotopic (exact) mass is 547 g/mol. The SMILES string of the molecule is COc1ccc([C@H]2c3ccc4ccccc4c3Oc3ncn4nc(CO/N=C\c5ccccc5Cl)nc4c32)cc1. The van der Waals surface area contributed by atoms with E-state index in [0.717, 1.165) is 44.5 Å². The van der Waals surface area contributed by atoms with Gasteiger partial charge in [-0.15, -0.1) is 5.10 Å². The predicted octanol–water partition coefficient (Wildman–Crippen LogP) is 6.78. The van der Waals surface area contributed by atoms with Gasteiger partial charge in [0.05, 0.1) is 18.9 Å². The van der Waals surface area contributed by atoms with E-state index in [1.165, 1.54) is 0 Å². The number of hydrogen-bond donors (Lipinski definition) is 0. The molecule has 9 heteroatoms. The largest absolute Gasteiger partial charge is 0.497 e. The Kier molecular flexibility index (Phi) is 6.02. The fourth-order valence-corrected chi connectivity index (χ4v) is 5.25. The molecule has 0 unspecified atom stereocenters. The molecule has 8 nitrogen and oxygen atoms in total. The maximum atomic E-state index is 6.48. The molecule has 4 aromatic carbocycles. The molecular formula is C31H22ClN5O3. The Bertz CT molecular complexity index is 1900. The second-order valence-corrected chi connectivity index (χ2v) is 9.71. The number of nitrogens with zero attached hydrogens (tertiary/aromatic N) is 5. The van der Waals surface area contributed by atoms with Crippen LogP contribution in [0.3, 0.4) is 0 Å². The van der Waals surface area contributed by atoms with Crippen LogP contribution in [0.15, 0.2) is 96.4 Å². The van der Waals surface area contributed by atoms with Crippen molar-refractivity contribution in [3.63, 3.8) is 0 Å². The molecule has 0 aliphatic carbocycles. The summed E-state index contributed by atoms with van der Waals surface area (Å²) in [6, 6.07) is 27.8. The van der Waals surface area contributed by atoms with Crippen LogP contribution in [-0.2, 0) is 11.4 Å². The fourth-order valence-electron chi connectivity index (χ4n) is 5.06. The highest BCUT2D eigenvalue weighted by molar-refractivity contribution is 6.33. The minimum atomic E-state index is -0.193. The molecule has 1 aliphatic heterocycles. The molecular weight excluding hydrogens is 526 g/mol. The van der Waals surface area contributed by atoms with Crippen LogP contribution >= 0.6 is 11.6 Å². The lowest BCUT2D eigenvalue weighted by Gasteiger charge is -2.28. The van der Waals surface area contributed by atoms with E-state index in [9.17, 15) is 0 Å². The maximum absolute atomic E-state index is 6.48. The zero-order valence-electron chi connectivity index (χ0n) is 21.4. The molecule has 0 saturated heterocycles. The van der Waals surface area contributed by atoms with E-state index in [0.29, 0.717) is 22.4 Å². The Morgan fingerprint density at radius 3 is 2.67 bits per heavy atom. The van der Waals surface area contributed by atoms with Crippen LogP contribution in [0, 0.1) is 0 Å². The first kappa shape index (κ1) is 24.1. The summed E-state index contributed by atoms with van der Waals surface area (Å²) in [6.07, 6.45) is 3.18. The second-order valence-electron chi connectivity index (χ2n) is 9.30. The van der Waals surface area contributed by atoms with E-state index in [1.807, 2.05) is 42.5 Å². The Morgan fingerprint density at radius 1 is 1.00 bits per heavy atom. The van der Waals surface area contributed by atoms with Gasteiger partial charge in [-0.25, -0.2) is 14.5 Å². The van der Waals surface area contributed by atoms with E-state index in [2.05, 4.69) is 51.6 Å². The molecule has 0 N–H and O–H groups in total. The zero-order chi connectivity index (χ0) is 27.1. The highest BCUT2D eigenvalue weighted by Crippen LogP contribution is 2.50.